The van der Waals surface area contributed by atoms with E-state index in [-0.39, 0.29) is 0 Å². The number of carbonyl (C=O) groups is 1. The molecule has 1 unspecified atom stereocenters. The molecule has 3 heteroatoms. The summed E-state index contributed by atoms with van der Waals surface area (Å²) in [4.78, 5) is 11.5. The molecule has 16 heavy (non-hydrogen) atoms. The number of aliphatic hydroxyl groups excluding tert-OH is 1. The van der Waals surface area contributed by atoms with Gasteiger partial charge in [-0.3, -0.25) is 0 Å². The first-order valence-corrected chi connectivity index (χ1v) is 5.85. The summed E-state index contributed by atoms with van der Waals surface area (Å²) in [5, 5.41) is 9.63. The third kappa shape index (κ3) is 7.46. The molecule has 0 aliphatic carbocycles. The van der Waals surface area contributed by atoms with Crippen molar-refractivity contribution in [3.63, 3.8) is 0 Å². The molecular weight excluding hydrogens is 204 g/mol. The number of ether oxygens (including phenoxy) is 1. The van der Waals surface area contributed by atoms with Gasteiger partial charge in [-0.15, -0.1) is 0 Å². The van der Waals surface area contributed by atoms with E-state index in [1.165, 1.54) is 0 Å². The van der Waals surface area contributed by atoms with Gasteiger partial charge in [0.25, 0.3) is 0 Å². The highest BCUT2D eigenvalue weighted by atomic mass is 16.6. The molecule has 0 amide bonds. The third-order valence-electron chi connectivity index (χ3n) is 2.06. The van der Waals surface area contributed by atoms with Crippen molar-refractivity contribution in [2.24, 2.45) is 0 Å². The van der Waals surface area contributed by atoms with E-state index in [1.807, 2.05) is 20.8 Å². The van der Waals surface area contributed by atoms with Gasteiger partial charge in [-0.2, -0.15) is 0 Å². The Bertz CT molecular complexity index is 238. The fourth-order valence-electron chi connectivity index (χ4n) is 1.26. The molecular formula is C13H24O3. The fourth-order valence-corrected chi connectivity index (χ4v) is 1.26. The highest BCUT2D eigenvalue weighted by Gasteiger charge is 2.20. The molecule has 1 atom stereocenters. The van der Waals surface area contributed by atoms with Crippen LogP contribution in [0, 0.1) is 0 Å². The molecule has 0 aliphatic rings. The summed E-state index contributed by atoms with van der Waals surface area (Å²) >= 11 is 0. The minimum atomic E-state index is -0.506. The molecule has 0 aromatic carbocycles. The lowest BCUT2D eigenvalue weighted by Crippen LogP contribution is -2.25. The van der Waals surface area contributed by atoms with Crippen molar-refractivity contribution < 1.29 is 14.6 Å². The van der Waals surface area contributed by atoms with Crippen LogP contribution >= 0.6 is 0 Å². The summed E-state index contributed by atoms with van der Waals surface area (Å²) < 4.78 is 5.16. The largest absolute Gasteiger partial charge is 0.457 e. The van der Waals surface area contributed by atoms with Crippen molar-refractivity contribution in [3.05, 3.63) is 12.2 Å². The van der Waals surface area contributed by atoms with Gasteiger partial charge in [0.15, 0.2) is 0 Å². The summed E-state index contributed by atoms with van der Waals surface area (Å²) in [7, 11) is 0. The Hall–Kier alpha value is -0.830. The van der Waals surface area contributed by atoms with Gasteiger partial charge in [0.1, 0.15) is 5.60 Å². The number of carbonyl (C=O) groups excluding carboxylic acids is 1. The number of unbranched alkanes of at least 4 members (excludes halogenated alkanes) is 1. The van der Waals surface area contributed by atoms with E-state index < -0.39 is 17.7 Å². The predicted octanol–water partition coefficient (Wildman–Crippen LogP) is 2.83. The molecule has 1 N–H and O–H groups in total. The Kier molecular flexibility index (Phi) is 6.34. The van der Waals surface area contributed by atoms with Gasteiger partial charge in [-0.25, -0.2) is 4.79 Å². The van der Waals surface area contributed by atoms with Gasteiger partial charge in [-0.1, -0.05) is 26.3 Å². The molecule has 0 bridgehead atoms. The molecule has 0 saturated carbocycles. The first-order chi connectivity index (χ1) is 7.26. The smallest absolute Gasteiger partial charge is 0.334 e. The van der Waals surface area contributed by atoms with Crippen molar-refractivity contribution in [1.82, 2.24) is 0 Å². The average molecular weight is 228 g/mol. The van der Waals surface area contributed by atoms with Crippen LogP contribution < -0.4 is 0 Å². The summed E-state index contributed by atoms with van der Waals surface area (Å²) in [5.41, 5.74) is -0.160. The summed E-state index contributed by atoms with van der Waals surface area (Å²) in [6.07, 6.45) is 2.52. The average Bonchev–Trinajstić information content (AvgIpc) is 2.11. The second-order valence-corrected chi connectivity index (χ2v) is 5.11. The molecule has 0 saturated heterocycles. The van der Waals surface area contributed by atoms with Crippen LogP contribution in [0.4, 0.5) is 0 Å². The molecule has 0 radical (unpaired) electrons. The maximum Gasteiger partial charge on any atom is 0.334 e. The van der Waals surface area contributed by atoms with E-state index in [2.05, 4.69) is 13.5 Å². The lowest BCUT2D eigenvalue weighted by Gasteiger charge is -2.21. The molecule has 0 aromatic rings. The van der Waals surface area contributed by atoms with Gasteiger partial charge >= 0.3 is 5.97 Å². The van der Waals surface area contributed by atoms with Gasteiger partial charge in [0.2, 0.25) is 0 Å². The monoisotopic (exact) mass is 228 g/mol. The van der Waals surface area contributed by atoms with Crippen LogP contribution in [0.1, 0.15) is 53.4 Å². The first-order valence-electron chi connectivity index (χ1n) is 5.85. The SMILES string of the molecule is C=C(CC(O)CCCC)C(=O)OC(C)(C)C. The van der Waals surface area contributed by atoms with E-state index in [0.29, 0.717) is 18.4 Å². The zero-order valence-electron chi connectivity index (χ0n) is 10.9. The molecule has 0 rings (SSSR count). The van der Waals surface area contributed by atoms with Crippen LogP contribution in [-0.4, -0.2) is 22.8 Å². The van der Waals surface area contributed by atoms with Crippen molar-refractivity contribution in [2.75, 3.05) is 0 Å². The van der Waals surface area contributed by atoms with Crippen LogP contribution in [0.15, 0.2) is 12.2 Å². The minimum absolute atomic E-state index is 0.301. The number of aliphatic hydroxyl groups is 1. The Morgan fingerprint density at radius 3 is 2.44 bits per heavy atom. The van der Waals surface area contributed by atoms with Crippen molar-refractivity contribution in [3.8, 4) is 0 Å². The Labute approximate surface area is 98.5 Å². The van der Waals surface area contributed by atoms with Crippen LogP contribution in [0.3, 0.4) is 0 Å². The van der Waals surface area contributed by atoms with Crippen molar-refractivity contribution in [2.45, 2.75) is 65.1 Å². The normalized spacial score (nSPS) is 13.3. The lowest BCUT2D eigenvalue weighted by molar-refractivity contribution is -0.150. The van der Waals surface area contributed by atoms with Gasteiger partial charge in [-0.05, 0) is 27.2 Å². The fraction of sp³-hybridized carbons (Fsp3) is 0.769. The Morgan fingerprint density at radius 2 is 2.00 bits per heavy atom. The zero-order chi connectivity index (χ0) is 12.8. The Balaban J connectivity index is 4.01. The van der Waals surface area contributed by atoms with E-state index in [1.54, 1.807) is 0 Å². The second kappa shape index (κ2) is 6.69. The number of hydrogen-bond acceptors (Lipinski definition) is 3. The first kappa shape index (κ1) is 15.2. The van der Waals surface area contributed by atoms with Crippen LogP contribution in [0.2, 0.25) is 0 Å². The highest BCUT2D eigenvalue weighted by molar-refractivity contribution is 5.88. The quantitative estimate of drug-likeness (QED) is 0.561. The third-order valence-corrected chi connectivity index (χ3v) is 2.06. The van der Waals surface area contributed by atoms with Crippen molar-refractivity contribution >= 4 is 5.97 Å². The molecule has 0 spiro atoms. The van der Waals surface area contributed by atoms with Crippen LogP contribution in [-0.2, 0) is 9.53 Å². The topological polar surface area (TPSA) is 46.5 Å². The molecule has 3 nitrogen and oxygen atoms in total. The van der Waals surface area contributed by atoms with E-state index >= 15 is 0 Å². The van der Waals surface area contributed by atoms with Gasteiger partial charge < -0.3 is 9.84 Å². The second-order valence-electron chi connectivity index (χ2n) is 5.11. The predicted molar refractivity (Wildman–Crippen MR) is 65.1 cm³/mol. The number of rotatable bonds is 6. The van der Waals surface area contributed by atoms with E-state index in [4.69, 9.17) is 4.74 Å². The molecule has 0 aliphatic heterocycles. The standard InChI is InChI=1S/C13H24O3/c1-6-7-8-11(14)9-10(2)12(15)16-13(3,4)5/h11,14H,2,6-9H2,1,3-5H3. The number of hydrogen-bond donors (Lipinski definition) is 1. The number of esters is 1. The molecule has 0 aromatic heterocycles. The van der Waals surface area contributed by atoms with Crippen molar-refractivity contribution in [1.29, 1.82) is 0 Å². The molecule has 94 valence electrons. The van der Waals surface area contributed by atoms with Crippen LogP contribution in [0.5, 0.6) is 0 Å². The van der Waals surface area contributed by atoms with E-state index in [0.717, 1.165) is 12.8 Å². The molecule has 0 heterocycles. The highest BCUT2D eigenvalue weighted by Crippen LogP contribution is 2.15. The summed E-state index contributed by atoms with van der Waals surface area (Å²) in [5.74, 6) is -0.414. The minimum Gasteiger partial charge on any atom is -0.457 e. The summed E-state index contributed by atoms with van der Waals surface area (Å²) in [6, 6.07) is 0. The van der Waals surface area contributed by atoms with Gasteiger partial charge in [0.05, 0.1) is 6.10 Å². The van der Waals surface area contributed by atoms with Crippen LogP contribution in [0.25, 0.3) is 0 Å². The summed E-state index contributed by atoms with van der Waals surface area (Å²) in [6.45, 7) is 11.2. The van der Waals surface area contributed by atoms with Gasteiger partial charge in [0, 0.05) is 12.0 Å². The molecule has 0 fully saturated rings. The maximum atomic E-state index is 11.5. The van der Waals surface area contributed by atoms with E-state index in [9.17, 15) is 9.90 Å². The zero-order valence-corrected chi connectivity index (χ0v) is 10.9. The Morgan fingerprint density at radius 1 is 1.44 bits per heavy atom. The maximum absolute atomic E-state index is 11.5. The lowest BCUT2D eigenvalue weighted by atomic mass is 10.0.